The van der Waals surface area contributed by atoms with E-state index >= 15 is 0 Å². The summed E-state index contributed by atoms with van der Waals surface area (Å²) in [4.78, 5) is 17.0. The fourth-order valence-corrected chi connectivity index (χ4v) is 2.24. The summed E-state index contributed by atoms with van der Waals surface area (Å²) in [5, 5.41) is 11.5. The SMILES string of the molecule is CON(Cc1ccccc1C)C1C(=O)OC(C)C1O. The van der Waals surface area contributed by atoms with Crippen molar-refractivity contribution in [2.24, 2.45) is 0 Å². The zero-order valence-corrected chi connectivity index (χ0v) is 11.4. The van der Waals surface area contributed by atoms with Gasteiger partial charge in [0.2, 0.25) is 0 Å². The molecule has 0 aromatic heterocycles. The molecule has 0 aliphatic carbocycles. The summed E-state index contributed by atoms with van der Waals surface area (Å²) >= 11 is 0. The summed E-state index contributed by atoms with van der Waals surface area (Å²) in [5.74, 6) is -0.449. The molecule has 2 rings (SSSR count). The summed E-state index contributed by atoms with van der Waals surface area (Å²) in [6, 6.07) is 7.07. The predicted octanol–water partition coefficient (Wildman–Crippen LogP) is 1.03. The highest BCUT2D eigenvalue weighted by atomic mass is 16.7. The molecule has 1 N–H and O–H groups in total. The molecular weight excluding hydrogens is 246 g/mol. The molecule has 19 heavy (non-hydrogen) atoms. The molecule has 1 aromatic carbocycles. The maximum Gasteiger partial charge on any atom is 0.329 e. The van der Waals surface area contributed by atoms with Crippen LogP contribution in [0.1, 0.15) is 18.1 Å². The van der Waals surface area contributed by atoms with E-state index in [1.807, 2.05) is 31.2 Å². The van der Waals surface area contributed by atoms with Crippen LogP contribution >= 0.6 is 0 Å². The first-order chi connectivity index (χ1) is 9.04. The maximum absolute atomic E-state index is 11.8. The summed E-state index contributed by atoms with van der Waals surface area (Å²) in [6.45, 7) is 4.09. The number of nitrogens with zero attached hydrogens (tertiary/aromatic N) is 1. The number of hydrogen-bond donors (Lipinski definition) is 1. The lowest BCUT2D eigenvalue weighted by Gasteiger charge is -2.26. The number of hydrogen-bond acceptors (Lipinski definition) is 5. The van der Waals surface area contributed by atoms with Crippen molar-refractivity contribution < 1.29 is 19.5 Å². The van der Waals surface area contributed by atoms with Crippen LogP contribution < -0.4 is 0 Å². The number of aryl methyl sites for hydroxylation is 1. The average molecular weight is 265 g/mol. The van der Waals surface area contributed by atoms with E-state index in [0.717, 1.165) is 11.1 Å². The number of benzene rings is 1. The van der Waals surface area contributed by atoms with Crippen molar-refractivity contribution >= 4 is 5.97 Å². The lowest BCUT2D eigenvalue weighted by molar-refractivity contribution is -0.190. The third-order valence-corrected chi connectivity index (χ3v) is 3.48. The van der Waals surface area contributed by atoms with E-state index < -0.39 is 24.2 Å². The van der Waals surface area contributed by atoms with Crippen molar-refractivity contribution in [3.63, 3.8) is 0 Å². The van der Waals surface area contributed by atoms with Gasteiger partial charge in [0.15, 0.2) is 6.04 Å². The molecule has 0 spiro atoms. The van der Waals surface area contributed by atoms with E-state index in [1.165, 1.54) is 12.2 Å². The lowest BCUT2D eigenvalue weighted by Crippen LogP contribution is -2.45. The van der Waals surface area contributed by atoms with Crippen LogP contribution in [0.3, 0.4) is 0 Å². The van der Waals surface area contributed by atoms with Crippen molar-refractivity contribution in [2.75, 3.05) is 7.11 Å². The molecule has 1 aliphatic rings. The van der Waals surface area contributed by atoms with Gasteiger partial charge in [-0.25, -0.2) is 0 Å². The fourth-order valence-electron chi connectivity index (χ4n) is 2.24. The summed E-state index contributed by atoms with van der Waals surface area (Å²) in [7, 11) is 1.49. The number of ether oxygens (including phenoxy) is 1. The third-order valence-electron chi connectivity index (χ3n) is 3.48. The van der Waals surface area contributed by atoms with Crippen molar-refractivity contribution in [3.8, 4) is 0 Å². The molecule has 1 aromatic rings. The molecular formula is C14H19NO4. The summed E-state index contributed by atoms with van der Waals surface area (Å²) in [6.07, 6.45) is -1.39. The van der Waals surface area contributed by atoms with Crippen LogP contribution in [0.15, 0.2) is 24.3 Å². The maximum atomic E-state index is 11.8. The number of aliphatic hydroxyl groups is 1. The second-order valence-corrected chi connectivity index (χ2v) is 4.76. The molecule has 3 unspecified atom stereocenters. The van der Waals surface area contributed by atoms with E-state index in [0.29, 0.717) is 6.54 Å². The Bertz CT molecular complexity index is 463. The molecule has 5 nitrogen and oxygen atoms in total. The minimum atomic E-state index is -0.878. The number of esters is 1. The Morgan fingerprint density at radius 2 is 2.11 bits per heavy atom. The molecule has 1 saturated heterocycles. The minimum Gasteiger partial charge on any atom is -0.459 e. The molecule has 5 heteroatoms. The van der Waals surface area contributed by atoms with E-state index in [1.54, 1.807) is 6.92 Å². The molecule has 1 aliphatic heterocycles. The first-order valence-corrected chi connectivity index (χ1v) is 6.28. The van der Waals surface area contributed by atoms with Crippen LogP contribution in [-0.4, -0.2) is 41.5 Å². The van der Waals surface area contributed by atoms with Gasteiger partial charge in [-0.3, -0.25) is 4.79 Å². The van der Waals surface area contributed by atoms with Gasteiger partial charge in [-0.1, -0.05) is 24.3 Å². The normalized spacial score (nSPS) is 26.8. The number of hydroxylamine groups is 2. The van der Waals surface area contributed by atoms with E-state index in [-0.39, 0.29) is 0 Å². The van der Waals surface area contributed by atoms with E-state index in [4.69, 9.17) is 9.57 Å². The van der Waals surface area contributed by atoms with Crippen LogP contribution in [0, 0.1) is 6.92 Å². The highest BCUT2D eigenvalue weighted by Crippen LogP contribution is 2.23. The summed E-state index contributed by atoms with van der Waals surface area (Å²) < 4.78 is 5.03. The smallest absolute Gasteiger partial charge is 0.329 e. The number of rotatable bonds is 4. The Balaban J connectivity index is 2.17. The zero-order chi connectivity index (χ0) is 14.0. The van der Waals surface area contributed by atoms with Gasteiger partial charge in [-0.15, -0.1) is 0 Å². The number of carbonyl (C=O) groups is 1. The summed E-state index contributed by atoms with van der Waals surface area (Å²) in [5.41, 5.74) is 2.15. The van der Waals surface area contributed by atoms with Gasteiger partial charge in [0.25, 0.3) is 0 Å². The van der Waals surface area contributed by atoms with Crippen LogP contribution in [0.5, 0.6) is 0 Å². The van der Waals surface area contributed by atoms with Crippen molar-refractivity contribution in [2.45, 2.75) is 38.6 Å². The van der Waals surface area contributed by atoms with Crippen molar-refractivity contribution in [3.05, 3.63) is 35.4 Å². The second kappa shape index (κ2) is 5.69. The molecule has 0 amide bonds. The lowest BCUT2D eigenvalue weighted by atomic mass is 10.1. The third kappa shape index (κ3) is 2.78. The Morgan fingerprint density at radius 1 is 1.42 bits per heavy atom. The van der Waals surface area contributed by atoms with Gasteiger partial charge < -0.3 is 14.7 Å². The fraction of sp³-hybridized carbons (Fsp3) is 0.500. The molecule has 1 fully saturated rings. The topological polar surface area (TPSA) is 59.0 Å². The number of aliphatic hydroxyl groups excluding tert-OH is 1. The quantitative estimate of drug-likeness (QED) is 0.651. The van der Waals surface area contributed by atoms with Gasteiger partial charge in [0.1, 0.15) is 12.2 Å². The van der Waals surface area contributed by atoms with Crippen LogP contribution in [-0.2, 0) is 20.9 Å². The Morgan fingerprint density at radius 3 is 2.63 bits per heavy atom. The predicted molar refractivity (Wildman–Crippen MR) is 69.1 cm³/mol. The molecule has 1 heterocycles. The van der Waals surface area contributed by atoms with E-state index in [9.17, 15) is 9.90 Å². The minimum absolute atomic E-state index is 0.423. The molecule has 0 radical (unpaired) electrons. The van der Waals surface area contributed by atoms with Crippen molar-refractivity contribution in [1.82, 2.24) is 5.06 Å². The molecule has 3 atom stereocenters. The Hall–Kier alpha value is -1.43. The van der Waals surface area contributed by atoms with Gasteiger partial charge in [-0.2, -0.15) is 5.06 Å². The average Bonchev–Trinajstić information content (AvgIpc) is 2.63. The van der Waals surface area contributed by atoms with Crippen LogP contribution in [0.4, 0.5) is 0 Å². The van der Waals surface area contributed by atoms with Crippen LogP contribution in [0.25, 0.3) is 0 Å². The van der Waals surface area contributed by atoms with Gasteiger partial charge in [0, 0.05) is 0 Å². The van der Waals surface area contributed by atoms with Crippen LogP contribution in [0.2, 0.25) is 0 Å². The zero-order valence-electron chi connectivity index (χ0n) is 11.4. The number of cyclic esters (lactones) is 1. The molecule has 104 valence electrons. The van der Waals surface area contributed by atoms with Gasteiger partial charge >= 0.3 is 5.97 Å². The molecule has 0 bridgehead atoms. The Labute approximate surface area is 112 Å². The number of carbonyl (C=O) groups excluding carboxylic acids is 1. The first kappa shape index (κ1) is 14.0. The monoisotopic (exact) mass is 265 g/mol. The van der Waals surface area contributed by atoms with Gasteiger partial charge in [0.05, 0.1) is 13.7 Å². The second-order valence-electron chi connectivity index (χ2n) is 4.76. The Kier molecular flexibility index (Phi) is 4.19. The highest BCUT2D eigenvalue weighted by molar-refractivity contribution is 5.79. The van der Waals surface area contributed by atoms with E-state index in [2.05, 4.69) is 0 Å². The first-order valence-electron chi connectivity index (χ1n) is 6.28. The molecule has 0 saturated carbocycles. The standard InChI is InChI=1S/C14H19NO4/c1-9-6-4-5-7-11(9)8-15(18-3)12-13(16)10(2)19-14(12)17/h4-7,10,12-13,16H,8H2,1-3H3. The van der Waals surface area contributed by atoms with Crippen molar-refractivity contribution in [1.29, 1.82) is 0 Å². The highest BCUT2D eigenvalue weighted by Gasteiger charge is 2.45. The van der Waals surface area contributed by atoms with Gasteiger partial charge in [-0.05, 0) is 25.0 Å². The largest absolute Gasteiger partial charge is 0.459 e.